The molecule has 0 aliphatic carbocycles. The number of nitrogens with one attached hydrogen (secondary N) is 2. The molecule has 2 atom stereocenters. The largest absolute Gasteiger partial charge is 0.481 e. The first kappa shape index (κ1) is 21.8. The molecule has 0 bridgehead atoms. The van der Waals surface area contributed by atoms with E-state index < -0.39 is 11.5 Å². The Labute approximate surface area is 188 Å². The Kier molecular flexibility index (Phi) is 6.66. The minimum atomic E-state index is -0.784. The molecule has 164 valence electrons. The van der Waals surface area contributed by atoms with Gasteiger partial charge in [0.2, 0.25) is 5.91 Å². The molecular weight excluding hydrogens is 400 g/mol. The van der Waals surface area contributed by atoms with Crippen molar-refractivity contribution in [1.82, 2.24) is 10.6 Å². The molecule has 1 aliphatic heterocycles. The van der Waals surface area contributed by atoms with Crippen LogP contribution < -0.4 is 10.6 Å². The van der Waals surface area contributed by atoms with Crippen molar-refractivity contribution >= 4 is 11.9 Å². The third kappa shape index (κ3) is 4.43. The van der Waals surface area contributed by atoms with Crippen LogP contribution in [0.2, 0.25) is 0 Å². The van der Waals surface area contributed by atoms with Crippen LogP contribution >= 0.6 is 0 Å². The molecule has 32 heavy (non-hydrogen) atoms. The lowest BCUT2D eigenvalue weighted by atomic mass is 9.75. The predicted octanol–water partition coefficient (Wildman–Crippen LogP) is 4.08. The maximum Gasteiger partial charge on any atom is 0.303 e. The van der Waals surface area contributed by atoms with Crippen LogP contribution in [0.15, 0.2) is 91.0 Å². The van der Waals surface area contributed by atoms with E-state index in [0.717, 1.165) is 29.5 Å². The fourth-order valence-electron chi connectivity index (χ4n) is 4.54. The predicted molar refractivity (Wildman–Crippen MR) is 124 cm³/mol. The van der Waals surface area contributed by atoms with Gasteiger partial charge < -0.3 is 10.4 Å². The molecule has 1 fully saturated rings. The molecular formula is C27H28N2O3. The topological polar surface area (TPSA) is 78.4 Å². The number of carbonyl (C=O) groups excluding carboxylic acids is 1. The van der Waals surface area contributed by atoms with E-state index in [1.165, 1.54) is 0 Å². The number of carbonyl (C=O) groups is 2. The number of aliphatic carboxylic acids is 1. The highest BCUT2D eigenvalue weighted by Crippen LogP contribution is 2.38. The van der Waals surface area contributed by atoms with Gasteiger partial charge in [-0.1, -0.05) is 97.4 Å². The molecule has 0 spiro atoms. The average Bonchev–Trinajstić information content (AvgIpc) is 2.83. The Balaban J connectivity index is 1.71. The SMILES string of the molecule is O=C(O)CCCC[C@@H]1NC(=O)[C@H]1NC(c1ccccc1)(c1ccccc1)c1ccccc1. The molecule has 3 N–H and O–H groups in total. The Morgan fingerprint density at radius 1 is 0.812 bits per heavy atom. The van der Waals surface area contributed by atoms with E-state index in [4.69, 9.17) is 5.11 Å². The van der Waals surface area contributed by atoms with Gasteiger partial charge in [-0.25, -0.2) is 0 Å². The van der Waals surface area contributed by atoms with Crippen LogP contribution in [0.3, 0.4) is 0 Å². The van der Waals surface area contributed by atoms with Gasteiger partial charge >= 0.3 is 5.97 Å². The number of amides is 1. The van der Waals surface area contributed by atoms with Crippen molar-refractivity contribution in [2.45, 2.75) is 43.3 Å². The number of rotatable bonds is 10. The van der Waals surface area contributed by atoms with E-state index in [9.17, 15) is 9.59 Å². The number of benzene rings is 3. The van der Waals surface area contributed by atoms with E-state index in [1.54, 1.807) is 0 Å². The maximum atomic E-state index is 12.7. The second-order valence-corrected chi connectivity index (χ2v) is 8.22. The number of hydrogen-bond acceptors (Lipinski definition) is 3. The molecule has 1 saturated heterocycles. The summed E-state index contributed by atoms with van der Waals surface area (Å²) < 4.78 is 0. The number of carboxylic acids is 1. The zero-order valence-corrected chi connectivity index (χ0v) is 17.9. The maximum absolute atomic E-state index is 12.7. The molecule has 1 aliphatic rings. The van der Waals surface area contributed by atoms with Crippen molar-refractivity contribution < 1.29 is 14.7 Å². The van der Waals surface area contributed by atoms with Gasteiger partial charge in [-0.3, -0.25) is 14.9 Å². The fourth-order valence-corrected chi connectivity index (χ4v) is 4.54. The summed E-state index contributed by atoms with van der Waals surface area (Å²) in [5.74, 6) is -0.811. The zero-order chi connectivity index (χ0) is 22.4. The highest BCUT2D eigenvalue weighted by atomic mass is 16.4. The van der Waals surface area contributed by atoms with Crippen molar-refractivity contribution in [1.29, 1.82) is 0 Å². The summed E-state index contributed by atoms with van der Waals surface area (Å²) >= 11 is 0. The summed E-state index contributed by atoms with van der Waals surface area (Å²) in [6, 6.07) is 30.2. The van der Waals surface area contributed by atoms with E-state index in [-0.39, 0.29) is 24.4 Å². The first-order valence-electron chi connectivity index (χ1n) is 11.1. The molecule has 1 heterocycles. The summed E-state index contributed by atoms with van der Waals surface area (Å²) in [6.45, 7) is 0. The quantitative estimate of drug-likeness (QED) is 0.258. The average molecular weight is 429 g/mol. The normalized spacial score (nSPS) is 17.9. The molecule has 1 amide bonds. The van der Waals surface area contributed by atoms with Crippen LogP contribution in [0.5, 0.6) is 0 Å². The van der Waals surface area contributed by atoms with Gasteiger partial charge in [-0.05, 0) is 29.5 Å². The van der Waals surface area contributed by atoms with Gasteiger partial charge in [0.05, 0.1) is 11.6 Å². The van der Waals surface area contributed by atoms with E-state index >= 15 is 0 Å². The monoisotopic (exact) mass is 428 g/mol. The second-order valence-electron chi connectivity index (χ2n) is 8.22. The molecule has 0 aromatic heterocycles. The van der Waals surface area contributed by atoms with Crippen LogP contribution in [0.4, 0.5) is 0 Å². The van der Waals surface area contributed by atoms with Crippen LogP contribution in [0.1, 0.15) is 42.4 Å². The van der Waals surface area contributed by atoms with Crippen LogP contribution in [0.25, 0.3) is 0 Å². The highest BCUT2D eigenvalue weighted by molar-refractivity contribution is 5.89. The molecule has 3 aromatic carbocycles. The number of unbranched alkanes of at least 4 members (excludes halogenated alkanes) is 1. The molecule has 0 saturated carbocycles. The third-order valence-corrected chi connectivity index (χ3v) is 6.16. The second kappa shape index (κ2) is 9.79. The lowest BCUT2D eigenvalue weighted by molar-refractivity contribution is -0.137. The number of hydrogen-bond donors (Lipinski definition) is 3. The van der Waals surface area contributed by atoms with E-state index in [2.05, 4.69) is 47.0 Å². The van der Waals surface area contributed by atoms with E-state index in [0.29, 0.717) is 6.42 Å². The van der Waals surface area contributed by atoms with E-state index in [1.807, 2.05) is 54.6 Å². The van der Waals surface area contributed by atoms with Gasteiger partial charge in [0.1, 0.15) is 6.04 Å². The highest BCUT2D eigenvalue weighted by Gasteiger charge is 2.46. The Hall–Kier alpha value is -3.44. The summed E-state index contributed by atoms with van der Waals surface area (Å²) in [4.78, 5) is 23.5. The van der Waals surface area contributed by atoms with Crippen molar-refractivity contribution in [2.24, 2.45) is 0 Å². The molecule has 4 rings (SSSR count). The molecule has 0 unspecified atom stereocenters. The summed E-state index contributed by atoms with van der Waals surface area (Å²) in [5, 5.41) is 15.6. The van der Waals surface area contributed by atoms with Crippen molar-refractivity contribution in [3.8, 4) is 0 Å². The van der Waals surface area contributed by atoms with Crippen molar-refractivity contribution in [3.05, 3.63) is 108 Å². The molecule has 5 nitrogen and oxygen atoms in total. The minimum absolute atomic E-state index is 0.0274. The van der Waals surface area contributed by atoms with Gasteiger partial charge in [0.25, 0.3) is 0 Å². The van der Waals surface area contributed by atoms with Gasteiger partial charge in [-0.2, -0.15) is 0 Å². The van der Waals surface area contributed by atoms with Crippen LogP contribution in [-0.2, 0) is 15.1 Å². The van der Waals surface area contributed by atoms with Gasteiger partial charge in [0.15, 0.2) is 0 Å². The molecule has 5 heteroatoms. The third-order valence-electron chi connectivity index (χ3n) is 6.16. The Morgan fingerprint density at radius 2 is 1.28 bits per heavy atom. The lowest BCUT2D eigenvalue weighted by Crippen LogP contribution is -2.71. The first-order valence-corrected chi connectivity index (χ1v) is 11.1. The standard InChI is InChI=1S/C27H28N2O3/c30-24(31)19-11-10-18-23-25(26(32)28-23)29-27(20-12-4-1-5-13-20,21-14-6-2-7-15-21)22-16-8-3-9-17-22/h1-9,12-17,23,25,29H,10-11,18-19H2,(H,28,32)(H,30,31)/t23-,25-/m0/s1. The zero-order valence-electron chi connectivity index (χ0n) is 17.9. The van der Waals surface area contributed by atoms with Crippen LogP contribution in [-0.4, -0.2) is 29.1 Å². The summed E-state index contributed by atoms with van der Waals surface area (Å²) in [5.41, 5.74) is 2.47. The molecule has 0 radical (unpaired) electrons. The number of β-lactam (4-membered cyclic amide) rings is 1. The summed E-state index contributed by atoms with van der Waals surface area (Å²) in [7, 11) is 0. The first-order chi connectivity index (χ1) is 15.6. The van der Waals surface area contributed by atoms with Crippen molar-refractivity contribution in [3.63, 3.8) is 0 Å². The Bertz CT molecular complexity index is 942. The minimum Gasteiger partial charge on any atom is -0.481 e. The van der Waals surface area contributed by atoms with Gasteiger partial charge in [0, 0.05) is 6.42 Å². The van der Waals surface area contributed by atoms with Crippen molar-refractivity contribution in [2.75, 3.05) is 0 Å². The van der Waals surface area contributed by atoms with Gasteiger partial charge in [-0.15, -0.1) is 0 Å². The fraction of sp³-hybridized carbons (Fsp3) is 0.259. The molecule has 3 aromatic rings. The van der Waals surface area contributed by atoms with Crippen LogP contribution in [0, 0.1) is 0 Å². The Morgan fingerprint density at radius 3 is 1.69 bits per heavy atom. The number of carboxylic acid groups (broad SMARTS) is 1. The lowest BCUT2D eigenvalue weighted by Gasteiger charge is -2.46. The smallest absolute Gasteiger partial charge is 0.303 e. The summed E-state index contributed by atoms with van der Waals surface area (Å²) in [6.07, 6.45) is 2.26.